The first-order chi connectivity index (χ1) is 35.6. The van der Waals surface area contributed by atoms with Crippen LogP contribution in [0, 0.1) is 0 Å². The van der Waals surface area contributed by atoms with E-state index < -0.39 is 24.3 Å². The molecular formula is C64H115NO8. The second-order valence-electron chi connectivity index (χ2n) is 21.6. The van der Waals surface area contributed by atoms with Gasteiger partial charge in [0, 0.05) is 12.8 Å². The van der Waals surface area contributed by atoms with Gasteiger partial charge in [-0.15, -0.1) is 0 Å². The van der Waals surface area contributed by atoms with E-state index >= 15 is 0 Å². The van der Waals surface area contributed by atoms with Crippen molar-refractivity contribution in [2.75, 3.05) is 47.5 Å². The molecule has 2 unspecified atom stereocenters. The highest BCUT2D eigenvalue weighted by Gasteiger charge is 2.22. The molecule has 0 aromatic rings. The third-order valence-electron chi connectivity index (χ3n) is 13.2. The SMILES string of the molecule is CCCCCCC/C=C\C/C=C\C/C=C\CCCCCCCCCCCCCCC(=O)OC(COC(=O)CCCCCCCCCCC/C=C\C/C=C\CCCCCCC)COC(OCC[N+](C)(C)C)C(=O)[O-]. The highest BCUT2D eigenvalue weighted by atomic mass is 16.7. The minimum Gasteiger partial charge on any atom is -0.545 e. The summed E-state index contributed by atoms with van der Waals surface area (Å²) in [5.41, 5.74) is 0. The molecule has 0 radical (unpaired) electrons. The Morgan fingerprint density at radius 1 is 0.411 bits per heavy atom. The van der Waals surface area contributed by atoms with Gasteiger partial charge in [0.2, 0.25) is 0 Å². The van der Waals surface area contributed by atoms with Gasteiger partial charge >= 0.3 is 11.9 Å². The number of ether oxygens (including phenoxy) is 4. The van der Waals surface area contributed by atoms with Crippen molar-refractivity contribution in [3.8, 4) is 0 Å². The summed E-state index contributed by atoms with van der Waals surface area (Å²) in [5, 5.41) is 11.8. The summed E-state index contributed by atoms with van der Waals surface area (Å²) in [4.78, 5) is 37.3. The standard InChI is InChI=1S/C64H115NO8/c1-6-8-10-12-14-16-18-20-22-24-26-28-29-30-31-32-33-35-37-39-41-43-45-47-49-51-53-55-62(67)73-60(59-72-64(63(68)69)70-57-56-65(3,4)5)58-71-61(66)54-52-50-48-46-44-42-40-38-36-34-27-25-23-21-19-17-15-13-11-9-7-2/h18-21,24-27,29-30,60,64H,6-17,22-23,28,31-59H2,1-5H3/b20-18-,21-19-,26-24-,27-25-,30-29-. The molecule has 0 fully saturated rings. The molecule has 0 aromatic heterocycles. The van der Waals surface area contributed by atoms with Crippen molar-refractivity contribution in [2.45, 2.75) is 283 Å². The fourth-order valence-electron chi connectivity index (χ4n) is 8.52. The van der Waals surface area contributed by atoms with E-state index in [1.807, 2.05) is 21.1 Å². The molecule has 9 nitrogen and oxygen atoms in total. The van der Waals surface area contributed by atoms with Crippen LogP contribution in [0.3, 0.4) is 0 Å². The van der Waals surface area contributed by atoms with Gasteiger partial charge in [0.1, 0.15) is 13.2 Å². The van der Waals surface area contributed by atoms with Crippen LogP contribution in [0.2, 0.25) is 0 Å². The van der Waals surface area contributed by atoms with E-state index in [0.717, 1.165) is 57.8 Å². The summed E-state index contributed by atoms with van der Waals surface area (Å²) in [6.45, 7) is 4.74. The van der Waals surface area contributed by atoms with E-state index in [-0.39, 0.29) is 38.6 Å². The van der Waals surface area contributed by atoms with Gasteiger partial charge in [0.05, 0.1) is 40.3 Å². The lowest BCUT2D eigenvalue weighted by Gasteiger charge is -2.26. The Labute approximate surface area is 450 Å². The molecule has 0 rings (SSSR count). The molecule has 2 atom stereocenters. The molecular weight excluding hydrogens is 911 g/mol. The number of esters is 2. The normalized spacial score (nSPS) is 13.2. The number of nitrogens with zero attached hydrogens (tertiary/aromatic N) is 1. The van der Waals surface area contributed by atoms with E-state index in [4.69, 9.17) is 18.9 Å². The maximum atomic E-state index is 12.9. The molecule has 0 aliphatic heterocycles. The minimum absolute atomic E-state index is 0.145. The summed E-state index contributed by atoms with van der Waals surface area (Å²) in [6, 6.07) is 0. The van der Waals surface area contributed by atoms with Crippen LogP contribution in [0.15, 0.2) is 60.8 Å². The van der Waals surface area contributed by atoms with E-state index in [1.165, 1.54) is 180 Å². The fraction of sp³-hybridized carbons (Fsp3) is 0.797. The van der Waals surface area contributed by atoms with Crippen molar-refractivity contribution in [2.24, 2.45) is 0 Å². The van der Waals surface area contributed by atoms with Gasteiger partial charge in [0.15, 0.2) is 12.4 Å². The molecule has 9 heteroatoms. The van der Waals surface area contributed by atoms with Gasteiger partial charge in [-0.3, -0.25) is 9.59 Å². The quantitative estimate of drug-likeness (QED) is 0.0195. The monoisotopic (exact) mass is 1030 g/mol. The summed E-state index contributed by atoms with van der Waals surface area (Å²) in [6.07, 6.45) is 66.9. The maximum Gasteiger partial charge on any atom is 0.306 e. The maximum absolute atomic E-state index is 12.9. The van der Waals surface area contributed by atoms with Crippen LogP contribution >= 0.6 is 0 Å². The Bertz CT molecular complexity index is 1380. The summed E-state index contributed by atoms with van der Waals surface area (Å²) >= 11 is 0. The molecule has 0 N–H and O–H groups in total. The number of hydrogen-bond donors (Lipinski definition) is 0. The van der Waals surface area contributed by atoms with Crippen molar-refractivity contribution >= 4 is 17.9 Å². The number of allylic oxidation sites excluding steroid dienone is 10. The average molecular weight is 1030 g/mol. The number of carboxylic acid groups (broad SMARTS) is 1. The zero-order chi connectivity index (χ0) is 53.4. The molecule has 0 spiro atoms. The van der Waals surface area contributed by atoms with Gasteiger partial charge in [0.25, 0.3) is 0 Å². The first-order valence-corrected chi connectivity index (χ1v) is 30.4. The molecule has 0 aliphatic carbocycles. The molecule has 424 valence electrons. The topological polar surface area (TPSA) is 111 Å². The Morgan fingerprint density at radius 3 is 1.10 bits per heavy atom. The van der Waals surface area contributed by atoms with Crippen molar-refractivity contribution < 1.29 is 42.9 Å². The van der Waals surface area contributed by atoms with Crippen LogP contribution in [0.1, 0.15) is 271 Å². The third kappa shape index (κ3) is 56.6. The highest BCUT2D eigenvalue weighted by Crippen LogP contribution is 2.16. The van der Waals surface area contributed by atoms with Crippen LogP contribution in [-0.4, -0.2) is 82.3 Å². The van der Waals surface area contributed by atoms with E-state index in [9.17, 15) is 19.5 Å². The molecule has 0 saturated heterocycles. The molecule has 0 aliphatic rings. The van der Waals surface area contributed by atoms with Crippen molar-refractivity contribution in [1.29, 1.82) is 0 Å². The van der Waals surface area contributed by atoms with Crippen LogP contribution in [0.25, 0.3) is 0 Å². The Hall–Kier alpha value is -3.01. The predicted octanol–water partition coefficient (Wildman–Crippen LogP) is 16.7. The van der Waals surface area contributed by atoms with Gasteiger partial charge in [-0.2, -0.15) is 0 Å². The van der Waals surface area contributed by atoms with Crippen LogP contribution in [-0.2, 0) is 33.3 Å². The van der Waals surface area contributed by atoms with E-state index in [2.05, 4.69) is 74.6 Å². The van der Waals surface area contributed by atoms with Crippen LogP contribution in [0.4, 0.5) is 0 Å². The Balaban J connectivity index is 4.22. The van der Waals surface area contributed by atoms with Crippen LogP contribution in [0.5, 0.6) is 0 Å². The zero-order valence-corrected chi connectivity index (χ0v) is 48.3. The van der Waals surface area contributed by atoms with Gasteiger partial charge in [-0.05, 0) is 83.5 Å². The molecule has 0 aromatic carbocycles. The first kappa shape index (κ1) is 70.0. The summed E-state index contributed by atoms with van der Waals surface area (Å²) in [7, 11) is 5.92. The first-order valence-electron chi connectivity index (χ1n) is 30.4. The molecule has 0 saturated carbocycles. The minimum atomic E-state index is -1.62. The van der Waals surface area contributed by atoms with Gasteiger partial charge in [-0.25, -0.2) is 0 Å². The largest absolute Gasteiger partial charge is 0.545 e. The number of rotatable bonds is 56. The number of carboxylic acids is 1. The molecule has 0 amide bonds. The lowest BCUT2D eigenvalue weighted by molar-refractivity contribution is -0.870. The number of likely N-dealkylation sites (N-methyl/N-ethyl adjacent to an activating group) is 1. The molecule has 0 bridgehead atoms. The van der Waals surface area contributed by atoms with Crippen LogP contribution < -0.4 is 5.11 Å². The Morgan fingerprint density at radius 2 is 0.740 bits per heavy atom. The van der Waals surface area contributed by atoms with E-state index in [0.29, 0.717) is 17.4 Å². The molecule has 73 heavy (non-hydrogen) atoms. The van der Waals surface area contributed by atoms with E-state index in [1.54, 1.807) is 0 Å². The summed E-state index contributed by atoms with van der Waals surface area (Å²) < 4.78 is 22.7. The lowest BCUT2D eigenvalue weighted by atomic mass is 10.0. The number of carbonyl (C=O) groups is 3. The number of hydrogen-bond acceptors (Lipinski definition) is 8. The average Bonchev–Trinajstić information content (AvgIpc) is 3.36. The lowest BCUT2D eigenvalue weighted by Crippen LogP contribution is -2.44. The predicted molar refractivity (Wildman–Crippen MR) is 306 cm³/mol. The smallest absolute Gasteiger partial charge is 0.306 e. The third-order valence-corrected chi connectivity index (χ3v) is 13.2. The van der Waals surface area contributed by atoms with Crippen molar-refractivity contribution in [1.82, 2.24) is 0 Å². The van der Waals surface area contributed by atoms with Gasteiger partial charge < -0.3 is 33.3 Å². The second kappa shape index (κ2) is 55.2. The number of aliphatic carboxylic acids is 1. The molecule has 0 heterocycles. The van der Waals surface area contributed by atoms with Crippen molar-refractivity contribution in [3.63, 3.8) is 0 Å². The summed E-state index contributed by atoms with van der Waals surface area (Å²) in [5.74, 6) is -2.28. The highest BCUT2D eigenvalue weighted by molar-refractivity contribution is 5.70. The second-order valence-corrected chi connectivity index (χ2v) is 21.6. The number of quaternary nitrogens is 1. The van der Waals surface area contributed by atoms with Gasteiger partial charge in [-0.1, -0.05) is 235 Å². The zero-order valence-electron chi connectivity index (χ0n) is 48.3. The Kier molecular flexibility index (Phi) is 53.0. The fourth-order valence-corrected chi connectivity index (χ4v) is 8.52. The van der Waals surface area contributed by atoms with Crippen molar-refractivity contribution in [3.05, 3.63) is 60.8 Å². The number of carbonyl (C=O) groups excluding carboxylic acids is 3. The number of unbranched alkanes of at least 4 members (excludes halogenated alkanes) is 31.